The van der Waals surface area contributed by atoms with E-state index in [1.807, 2.05) is 26.0 Å². The summed E-state index contributed by atoms with van der Waals surface area (Å²) in [6, 6.07) is 30.2. The van der Waals surface area contributed by atoms with Gasteiger partial charge in [0.25, 0.3) is 0 Å². The van der Waals surface area contributed by atoms with Crippen LogP contribution in [0.1, 0.15) is 13.8 Å². The molecule has 0 aliphatic heterocycles. The van der Waals surface area contributed by atoms with E-state index in [-0.39, 0.29) is 11.5 Å². The number of hydrogen-bond acceptors (Lipinski definition) is 3. The predicted octanol–water partition coefficient (Wildman–Crippen LogP) is 9.54. The molecule has 4 aromatic carbocycles. The van der Waals surface area contributed by atoms with Gasteiger partial charge in [0.1, 0.15) is 5.75 Å². The predicted molar refractivity (Wildman–Crippen MR) is 144 cm³/mol. The summed E-state index contributed by atoms with van der Waals surface area (Å²) in [7, 11) is 0. The SMILES string of the molecule is CCOCC.Oc1cc(Cl)ccc1Oc1ccc(Cl)cc1Cl.c1ccc(-c2ccccc2)cc1. The molecule has 0 aromatic heterocycles. The number of hydrogen-bond donors (Lipinski definition) is 1. The number of aromatic hydroxyl groups is 1. The highest BCUT2D eigenvalue weighted by atomic mass is 35.5. The normalized spacial score (nSPS) is 9.79. The Labute approximate surface area is 216 Å². The molecule has 0 fully saturated rings. The fourth-order valence-electron chi connectivity index (χ4n) is 2.72. The van der Waals surface area contributed by atoms with Crippen molar-refractivity contribution in [2.75, 3.05) is 13.2 Å². The molecule has 3 nitrogen and oxygen atoms in total. The highest BCUT2D eigenvalue weighted by Gasteiger charge is 2.08. The molecule has 4 aromatic rings. The van der Waals surface area contributed by atoms with Gasteiger partial charge < -0.3 is 14.6 Å². The minimum atomic E-state index is -0.0523. The van der Waals surface area contributed by atoms with Crippen molar-refractivity contribution in [1.82, 2.24) is 0 Å². The first-order chi connectivity index (χ1) is 16.4. The van der Waals surface area contributed by atoms with E-state index < -0.39 is 0 Å². The zero-order valence-corrected chi connectivity index (χ0v) is 21.3. The van der Waals surface area contributed by atoms with Gasteiger partial charge in [-0.2, -0.15) is 0 Å². The van der Waals surface area contributed by atoms with E-state index in [0.29, 0.717) is 20.8 Å². The maximum atomic E-state index is 9.62. The molecule has 34 heavy (non-hydrogen) atoms. The quantitative estimate of drug-likeness (QED) is 0.286. The van der Waals surface area contributed by atoms with Crippen LogP contribution in [0.2, 0.25) is 15.1 Å². The summed E-state index contributed by atoms with van der Waals surface area (Å²) in [5, 5.41) is 10.9. The Bertz CT molecular complexity index is 1030. The monoisotopic (exact) mass is 516 g/mol. The van der Waals surface area contributed by atoms with E-state index in [1.165, 1.54) is 17.2 Å². The molecule has 1 N–H and O–H groups in total. The van der Waals surface area contributed by atoms with Gasteiger partial charge in [-0.25, -0.2) is 0 Å². The fourth-order valence-corrected chi connectivity index (χ4v) is 3.33. The molecule has 0 unspecified atom stereocenters. The van der Waals surface area contributed by atoms with Gasteiger partial charge in [-0.15, -0.1) is 0 Å². The van der Waals surface area contributed by atoms with Gasteiger partial charge in [0, 0.05) is 29.3 Å². The van der Waals surface area contributed by atoms with E-state index in [2.05, 4.69) is 48.5 Å². The highest BCUT2D eigenvalue weighted by Crippen LogP contribution is 2.36. The fraction of sp³-hybridized carbons (Fsp3) is 0.143. The van der Waals surface area contributed by atoms with Crippen molar-refractivity contribution in [3.8, 4) is 28.4 Å². The molecule has 6 heteroatoms. The molecule has 0 spiro atoms. The summed E-state index contributed by atoms with van der Waals surface area (Å²) in [6.07, 6.45) is 0. The van der Waals surface area contributed by atoms with Gasteiger partial charge in [0.2, 0.25) is 0 Å². The Balaban J connectivity index is 0.000000209. The molecule has 178 valence electrons. The number of phenols is 1. The molecule has 0 aliphatic carbocycles. The number of benzene rings is 4. The summed E-state index contributed by atoms with van der Waals surface area (Å²) in [5.74, 6) is 0.635. The van der Waals surface area contributed by atoms with E-state index >= 15 is 0 Å². The van der Waals surface area contributed by atoms with Gasteiger partial charge in [0.15, 0.2) is 11.5 Å². The van der Waals surface area contributed by atoms with E-state index in [4.69, 9.17) is 44.3 Å². The Morgan fingerprint density at radius 1 is 0.618 bits per heavy atom. The molecular formula is C28H27Cl3O3. The summed E-state index contributed by atoms with van der Waals surface area (Å²) >= 11 is 17.4. The first-order valence-electron chi connectivity index (χ1n) is 10.7. The summed E-state index contributed by atoms with van der Waals surface area (Å²) in [5.41, 5.74) is 2.55. The van der Waals surface area contributed by atoms with Crippen LogP contribution in [0.5, 0.6) is 17.2 Å². The number of rotatable bonds is 5. The van der Waals surface area contributed by atoms with Gasteiger partial charge in [-0.05, 0) is 55.3 Å². The van der Waals surface area contributed by atoms with Crippen molar-refractivity contribution in [3.05, 3.63) is 112 Å². The zero-order valence-electron chi connectivity index (χ0n) is 19.0. The molecule has 0 aliphatic rings. The molecule has 4 rings (SSSR count). The Hall–Kier alpha value is -2.69. The number of ether oxygens (including phenoxy) is 2. The van der Waals surface area contributed by atoms with Gasteiger partial charge in [-0.1, -0.05) is 95.5 Å². The standard InChI is InChI=1S/C12H7Cl3O2.C12H10.C4H10O/c13-7-1-3-11(9(15)5-7)17-12-4-2-8(14)6-10(12)16;1-3-7-11(8-4-1)12-9-5-2-6-10-12;1-3-5-4-2/h1-6,16H;1-10H;3-4H2,1-2H3. The molecule has 0 radical (unpaired) electrons. The molecule has 0 atom stereocenters. The van der Waals surface area contributed by atoms with Crippen molar-refractivity contribution >= 4 is 34.8 Å². The van der Waals surface area contributed by atoms with Crippen LogP contribution in [0, 0.1) is 0 Å². The van der Waals surface area contributed by atoms with Crippen LogP contribution in [0.3, 0.4) is 0 Å². The first kappa shape index (κ1) is 27.6. The minimum absolute atomic E-state index is 0.0523. The molecular weight excluding hydrogens is 491 g/mol. The summed E-state index contributed by atoms with van der Waals surface area (Å²) < 4.78 is 10.3. The van der Waals surface area contributed by atoms with Crippen LogP contribution in [0.4, 0.5) is 0 Å². The lowest BCUT2D eigenvalue weighted by Crippen LogP contribution is -1.86. The lowest BCUT2D eigenvalue weighted by molar-refractivity contribution is 0.162. The second-order valence-corrected chi connectivity index (χ2v) is 8.08. The Morgan fingerprint density at radius 2 is 1.09 bits per heavy atom. The van der Waals surface area contributed by atoms with Crippen molar-refractivity contribution in [1.29, 1.82) is 0 Å². The smallest absolute Gasteiger partial charge is 0.169 e. The van der Waals surface area contributed by atoms with Crippen LogP contribution in [0.15, 0.2) is 97.1 Å². The topological polar surface area (TPSA) is 38.7 Å². The second-order valence-electron chi connectivity index (χ2n) is 6.80. The largest absolute Gasteiger partial charge is 0.504 e. The van der Waals surface area contributed by atoms with Crippen molar-refractivity contribution in [3.63, 3.8) is 0 Å². The number of halogens is 3. The summed E-state index contributed by atoms with van der Waals surface area (Å²) in [4.78, 5) is 0. The van der Waals surface area contributed by atoms with E-state index in [0.717, 1.165) is 13.2 Å². The lowest BCUT2D eigenvalue weighted by Gasteiger charge is -2.09. The molecule has 0 heterocycles. The van der Waals surface area contributed by atoms with Crippen molar-refractivity contribution in [2.24, 2.45) is 0 Å². The van der Waals surface area contributed by atoms with Gasteiger partial charge >= 0.3 is 0 Å². The maximum Gasteiger partial charge on any atom is 0.169 e. The average Bonchev–Trinajstić information content (AvgIpc) is 2.85. The van der Waals surface area contributed by atoms with Gasteiger partial charge in [-0.3, -0.25) is 0 Å². The average molecular weight is 518 g/mol. The van der Waals surface area contributed by atoms with E-state index in [9.17, 15) is 5.11 Å². The van der Waals surface area contributed by atoms with Crippen molar-refractivity contribution < 1.29 is 14.6 Å². The lowest BCUT2D eigenvalue weighted by atomic mass is 10.1. The molecule has 0 amide bonds. The van der Waals surface area contributed by atoms with Crippen LogP contribution < -0.4 is 4.74 Å². The minimum Gasteiger partial charge on any atom is -0.504 e. The molecule has 0 bridgehead atoms. The number of phenolic OH excluding ortho intramolecular Hbond substituents is 1. The second kappa shape index (κ2) is 15.3. The van der Waals surface area contributed by atoms with Crippen LogP contribution >= 0.6 is 34.8 Å². The van der Waals surface area contributed by atoms with Crippen LogP contribution in [0.25, 0.3) is 11.1 Å². The van der Waals surface area contributed by atoms with Crippen LogP contribution in [-0.2, 0) is 4.74 Å². The van der Waals surface area contributed by atoms with Gasteiger partial charge in [0.05, 0.1) is 5.02 Å². The van der Waals surface area contributed by atoms with Crippen molar-refractivity contribution in [2.45, 2.75) is 13.8 Å². The zero-order chi connectivity index (χ0) is 24.8. The van der Waals surface area contributed by atoms with E-state index in [1.54, 1.807) is 30.3 Å². The third kappa shape index (κ3) is 9.66. The Morgan fingerprint density at radius 3 is 1.50 bits per heavy atom. The summed E-state index contributed by atoms with van der Waals surface area (Å²) in [6.45, 7) is 5.67. The first-order valence-corrected chi connectivity index (χ1v) is 11.9. The highest BCUT2D eigenvalue weighted by molar-refractivity contribution is 6.35. The Kier molecular flexibility index (Phi) is 12.4. The molecule has 0 saturated heterocycles. The maximum absolute atomic E-state index is 9.62. The molecule has 0 saturated carbocycles. The third-order valence-corrected chi connectivity index (χ3v) is 5.09. The van der Waals surface area contributed by atoms with Crippen LogP contribution in [-0.4, -0.2) is 18.3 Å². The third-order valence-electron chi connectivity index (χ3n) is 4.32.